The summed E-state index contributed by atoms with van der Waals surface area (Å²) in [5.74, 6) is -0.165. The normalized spacial score (nSPS) is 12.9. The third-order valence-corrected chi connectivity index (χ3v) is 3.45. The van der Waals surface area contributed by atoms with Crippen LogP contribution in [0.1, 0.15) is 21.5 Å². The average molecular weight is 284 g/mol. The number of hydrogen-bond donors (Lipinski definition) is 2. The maximum atomic E-state index is 12.1. The molecule has 0 atom stereocenters. The highest BCUT2D eigenvalue weighted by atomic mass is 16.2. The van der Waals surface area contributed by atoms with Crippen LogP contribution in [-0.2, 0) is 24.7 Å². The second kappa shape index (κ2) is 5.40. The molecule has 6 heteroatoms. The fourth-order valence-corrected chi connectivity index (χ4v) is 2.38. The summed E-state index contributed by atoms with van der Waals surface area (Å²) in [6.07, 6.45) is 4.84. The summed E-state index contributed by atoms with van der Waals surface area (Å²) >= 11 is 0. The van der Waals surface area contributed by atoms with Crippen LogP contribution in [0.25, 0.3) is 0 Å². The van der Waals surface area contributed by atoms with E-state index >= 15 is 0 Å². The largest absolute Gasteiger partial charge is 0.352 e. The van der Waals surface area contributed by atoms with E-state index in [-0.39, 0.29) is 11.8 Å². The summed E-state index contributed by atoms with van der Waals surface area (Å²) in [5, 5.41) is 9.70. The number of fused-ring (bicyclic) bond motifs is 1. The lowest BCUT2D eigenvalue weighted by molar-refractivity contribution is -0.115. The van der Waals surface area contributed by atoms with Gasteiger partial charge in [0.1, 0.15) is 0 Å². The first-order valence-electron chi connectivity index (χ1n) is 6.80. The molecule has 2 heterocycles. The number of aromatic nitrogens is 2. The van der Waals surface area contributed by atoms with Crippen molar-refractivity contribution in [2.24, 2.45) is 7.05 Å². The molecular formula is C15H16N4O2. The Bertz CT molecular complexity index is 705. The Hall–Kier alpha value is -2.63. The topological polar surface area (TPSA) is 76.0 Å². The minimum Gasteiger partial charge on any atom is -0.352 e. The third kappa shape index (κ3) is 2.94. The molecule has 0 saturated heterocycles. The lowest BCUT2D eigenvalue weighted by Gasteiger charge is -2.06. The second-order valence-corrected chi connectivity index (χ2v) is 5.13. The molecule has 0 unspecified atom stereocenters. The molecule has 1 aromatic carbocycles. The number of anilines is 1. The third-order valence-electron chi connectivity index (χ3n) is 3.45. The number of rotatable bonds is 4. The fourth-order valence-electron chi connectivity index (χ4n) is 2.38. The van der Waals surface area contributed by atoms with Crippen molar-refractivity contribution in [1.29, 1.82) is 0 Å². The summed E-state index contributed by atoms with van der Waals surface area (Å²) < 4.78 is 1.74. The Kier molecular flexibility index (Phi) is 3.43. The lowest BCUT2D eigenvalue weighted by atomic mass is 10.1. The molecule has 21 heavy (non-hydrogen) atoms. The second-order valence-electron chi connectivity index (χ2n) is 5.13. The monoisotopic (exact) mass is 284 g/mol. The number of aryl methyl sites for hydroxylation is 1. The predicted octanol–water partition coefficient (Wildman–Crippen LogP) is 0.887. The van der Waals surface area contributed by atoms with Gasteiger partial charge in [0, 0.05) is 31.0 Å². The Labute approximate surface area is 122 Å². The molecule has 6 nitrogen and oxygen atoms in total. The fraction of sp³-hybridized carbons (Fsp3) is 0.267. The summed E-state index contributed by atoms with van der Waals surface area (Å²) in [6, 6.07) is 5.29. The van der Waals surface area contributed by atoms with Crippen molar-refractivity contribution in [3.05, 3.63) is 47.3 Å². The number of hydrogen-bond acceptors (Lipinski definition) is 3. The van der Waals surface area contributed by atoms with Crippen LogP contribution in [0.3, 0.4) is 0 Å². The molecule has 0 bridgehead atoms. The quantitative estimate of drug-likeness (QED) is 0.875. The van der Waals surface area contributed by atoms with Crippen LogP contribution in [0.4, 0.5) is 5.69 Å². The average Bonchev–Trinajstić information content (AvgIpc) is 3.02. The molecular weight excluding hydrogens is 268 g/mol. The lowest BCUT2D eigenvalue weighted by Crippen LogP contribution is -2.25. The SMILES string of the molecule is Cn1cc(CCNC(=O)c2ccc3c(c2)NC(=O)C3)cn1. The first kappa shape index (κ1) is 13.4. The predicted molar refractivity (Wildman–Crippen MR) is 78.0 cm³/mol. The van der Waals surface area contributed by atoms with E-state index in [2.05, 4.69) is 15.7 Å². The van der Waals surface area contributed by atoms with Gasteiger partial charge in [-0.1, -0.05) is 6.07 Å². The molecule has 0 spiro atoms. The minimum absolute atomic E-state index is 0.0286. The highest BCUT2D eigenvalue weighted by Crippen LogP contribution is 2.23. The van der Waals surface area contributed by atoms with Crippen LogP contribution in [0, 0.1) is 0 Å². The number of amides is 2. The van der Waals surface area contributed by atoms with Crippen LogP contribution in [0.2, 0.25) is 0 Å². The molecule has 2 aromatic rings. The Morgan fingerprint density at radius 3 is 3.10 bits per heavy atom. The van der Waals surface area contributed by atoms with E-state index in [0.717, 1.165) is 23.2 Å². The van der Waals surface area contributed by atoms with Gasteiger partial charge in [-0.25, -0.2) is 0 Å². The molecule has 0 fully saturated rings. The first-order chi connectivity index (χ1) is 10.1. The van der Waals surface area contributed by atoms with Gasteiger partial charge in [-0.2, -0.15) is 5.10 Å². The van der Waals surface area contributed by atoms with Crippen molar-refractivity contribution in [1.82, 2.24) is 15.1 Å². The van der Waals surface area contributed by atoms with Gasteiger partial charge in [0.05, 0.1) is 12.6 Å². The van der Waals surface area contributed by atoms with Crippen LogP contribution in [-0.4, -0.2) is 28.1 Å². The molecule has 0 saturated carbocycles. The molecule has 3 rings (SSSR count). The van der Waals surface area contributed by atoms with Crippen molar-refractivity contribution in [2.45, 2.75) is 12.8 Å². The number of nitrogens with zero attached hydrogens (tertiary/aromatic N) is 2. The van der Waals surface area contributed by atoms with Crippen LogP contribution in [0.15, 0.2) is 30.6 Å². The van der Waals surface area contributed by atoms with Gasteiger partial charge >= 0.3 is 0 Å². The van der Waals surface area contributed by atoms with Crippen LogP contribution < -0.4 is 10.6 Å². The van der Waals surface area contributed by atoms with E-state index in [4.69, 9.17) is 0 Å². The first-order valence-corrected chi connectivity index (χ1v) is 6.80. The number of benzene rings is 1. The number of carbonyl (C=O) groups excluding carboxylic acids is 2. The number of carbonyl (C=O) groups is 2. The zero-order valence-corrected chi connectivity index (χ0v) is 11.7. The van der Waals surface area contributed by atoms with Gasteiger partial charge in [-0.15, -0.1) is 0 Å². The molecule has 1 aliphatic rings. The van der Waals surface area contributed by atoms with Gasteiger partial charge in [0.25, 0.3) is 5.91 Å². The highest BCUT2D eigenvalue weighted by Gasteiger charge is 2.18. The summed E-state index contributed by atoms with van der Waals surface area (Å²) in [7, 11) is 1.86. The summed E-state index contributed by atoms with van der Waals surface area (Å²) in [6.45, 7) is 0.550. The van der Waals surface area contributed by atoms with E-state index in [1.165, 1.54) is 0 Å². The van der Waals surface area contributed by atoms with Crippen molar-refractivity contribution in [3.63, 3.8) is 0 Å². The number of nitrogens with one attached hydrogen (secondary N) is 2. The zero-order valence-electron chi connectivity index (χ0n) is 11.7. The Morgan fingerprint density at radius 1 is 1.48 bits per heavy atom. The van der Waals surface area contributed by atoms with Gasteiger partial charge in [-0.05, 0) is 29.7 Å². The van der Waals surface area contributed by atoms with Crippen molar-refractivity contribution in [3.8, 4) is 0 Å². The summed E-state index contributed by atoms with van der Waals surface area (Å²) in [4.78, 5) is 23.4. The smallest absolute Gasteiger partial charge is 0.251 e. The molecule has 2 amide bonds. The zero-order chi connectivity index (χ0) is 14.8. The molecule has 0 radical (unpaired) electrons. The van der Waals surface area contributed by atoms with Crippen LogP contribution >= 0.6 is 0 Å². The summed E-state index contributed by atoms with van der Waals surface area (Å²) in [5.41, 5.74) is 3.31. The van der Waals surface area contributed by atoms with Gasteiger partial charge in [0.15, 0.2) is 0 Å². The van der Waals surface area contributed by atoms with Crippen LogP contribution in [0.5, 0.6) is 0 Å². The van der Waals surface area contributed by atoms with Crippen molar-refractivity contribution >= 4 is 17.5 Å². The standard InChI is InChI=1S/C15H16N4O2/c1-19-9-10(8-17-19)4-5-16-15(21)12-3-2-11-7-14(20)18-13(11)6-12/h2-3,6,8-9H,4-5,7H2,1H3,(H,16,21)(H,18,20). The van der Waals surface area contributed by atoms with Gasteiger partial charge < -0.3 is 10.6 Å². The maximum Gasteiger partial charge on any atom is 0.251 e. The molecule has 108 valence electrons. The van der Waals surface area contributed by atoms with Gasteiger partial charge in [-0.3, -0.25) is 14.3 Å². The minimum atomic E-state index is -0.136. The Balaban J connectivity index is 1.58. The van der Waals surface area contributed by atoms with Crippen molar-refractivity contribution in [2.75, 3.05) is 11.9 Å². The maximum absolute atomic E-state index is 12.1. The van der Waals surface area contributed by atoms with E-state index in [0.29, 0.717) is 18.5 Å². The van der Waals surface area contributed by atoms with E-state index < -0.39 is 0 Å². The molecule has 1 aromatic heterocycles. The van der Waals surface area contributed by atoms with E-state index in [1.807, 2.05) is 19.3 Å². The molecule has 0 aliphatic carbocycles. The molecule has 1 aliphatic heterocycles. The van der Waals surface area contributed by atoms with Gasteiger partial charge in [0.2, 0.25) is 5.91 Å². The van der Waals surface area contributed by atoms with E-state index in [9.17, 15) is 9.59 Å². The van der Waals surface area contributed by atoms with E-state index in [1.54, 1.807) is 23.0 Å². The highest BCUT2D eigenvalue weighted by molar-refractivity contribution is 6.02. The van der Waals surface area contributed by atoms with Crippen molar-refractivity contribution < 1.29 is 9.59 Å². The Morgan fingerprint density at radius 2 is 2.33 bits per heavy atom. The molecule has 2 N–H and O–H groups in total.